The fourth-order valence-electron chi connectivity index (χ4n) is 2.75. The molecule has 4 rings (SSSR count). The van der Waals surface area contributed by atoms with Crippen LogP contribution in [-0.4, -0.2) is 26.9 Å². The Bertz CT molecular complexity index is 1040. The van der Waals surface area contributed by atoms with Gasteiger partial charge in [0.05, 0.1) is 28.0 Å². The molecule has 0 atom stereocenters. The van der Waals surface area contributed by atoms with Crippen LogP contribution >= 0.6 is 46.6 Å². The van der Waals surface area contributed by atoms with Gasteiger partial charge in [0, 0.05) is 11.8 Å². The molecule has 0 amide bonds. The first-order valence-electron chi connectivity index (χ1n) is 7.90. The number of para-hydroxylation sites is 1. The number of fused-ring (bicyclic) bond motifs is 1. The normalized spacial score (nSPS) is 13.3. The first kappa shape index (κ1) is 18.5. The summed E-state index contributed by atoms with van der Waals surface area (Å²) in [5.41, 5.74) is 3.45. The zero-order valence-electron chi connectivity index (χ0n) is 14.0. The van der Waals surface area contributed by atoms with Crippen molar-refractivity contribution in [1.29, 1.82) is 0 Å². The lowest BCUT2D eigenvalue weighted by Crippen LogP contribution is -2.28. The second-order valence-corrected chi connectivity index (χ2v) is 7.63. The van der Waals surface area contributed by atoms with Crippen molar-refractivity contribution >= 4 is 58.0 Å². The Balaban J connectivity index is 1.92. The van der Waals surface area contributed by atoms with Crippen molar-refractivity contribution in [2.45, 2.75) is 11.7 Å². The quantitative estimate of drug-likeness (QED) is 0.316. The molecule has 0 bridgehead atoms. The number of pyridine rings is 1. The SMILES string of the molecule is CSc1ncc2c(n1)C(c1cccc(Cl)n1)=NN(c1c(Cl)cccc1Cl)C2. The molecule has 1 aliphatic rings. The molecule has 3 heterocycles. The number of aromatic nitrogens is 3. The van der Waals surface area contributed by atoms with Gasteiger partial charge in [-0.2, -0.15) is 5.10 Å². The van der Waals surface area contributed by atoms with Crippen molar-refractivity contribution in [2.24, 2.45) is 5.10 Å². The van der Waals surface area contributed by atoms with E-state index in [9.17, 15) is 0 Å². The molecule has 0 unspecified atom stereocenters. The molecular formula is C18H12Cl3N5S. The van der Waals surface area contributed by atoms with Crippen LogP contribution in [0.3, 0.4) is 0 Å². The van der Waals surface area contributed by atoms with Crippen LogP contribution in [0.4, 0.5) is 5.69 Å². The van der Waals surface area contributed by atoms with Crippen molar-refractivity contribution in [3.05, 3.63) is 74.7 Å². The van der Waals surface area contributed by atoms with E-state index in [4.69, 9.17) is 39.9 Å². The van der Waals surface area contributed by atoms with Gasteiger partial charge in [-0.05, 0) is 30.5 Å². The Hall–Kier alpha value is -1.86. The first-order chi connectivity index (χ1) is 13.1. The predicted octanol–water partition coefficient (Wildman–Crippen LogP) is 5.33. The van der Waals surface area contributed by atoms with E-state index in [0.717, 1.165) is 11.3 Å². The van der Waals surface area contributed by atoms with Gasteiger partial charge in [-0.25, -0.2) is 15.0 Å². The van der Waals surface area contributed by atoms with Gasteiger partial charge >= 0.3 is 0 Å². The first-order valence-corrected chi connectivity index (χ1v) is 10.3. The van der Waals surface area contributed by atoms with Crippen molar-refractivity contribution in [3.8, 4) is 0 Å². The Morgan fingerprint density at radius 2 is 1.74 bits per heavy atom. The lowest BCUT2D eigenvalue weighted by Gasteiger charge is -2.28. The van der Waals surface area contributed by atoms with Crippen LogP contribution < -0.4 is 5.01 Å². The fraction of sp³-hybridized carbons (Fsp3) is 0.111. The van der Waals surface area contributed by atoms with E-state index < -0.39 is 0 Å². The average molecular weight is 437 g/mol. The number of hydrogen-bond acceptors (Lipinski definition) is 6. The summed E-state index contributed by atoms with van der Waals surface area (Å²) < 4.78 is 0. The van der Waals surface area contributed by atoms with E-state index in [1.165, 1.54) is 11.8 Å². The van der Waals surface area contributed by atoms with Gasteiger partial charge < -0.3 is 0 Å². The summed E-state index contributed by atoms with van der Waals surface area (Å²) in [6.07, 6.45) is 3.72. The predicted molar refractivity (Wildman–Crippen MR) is 111 cm³/mol. The van der Waals surface area contributed by atoms with Crippen LogP contribution in [0.1, 0.15) is 17.0 Å². The molecule has 0 saturated carbocycles. The number of benzene rings is 1. The number of halogens is 3. The van der Waals surface area contributed by atoms with Crippen molar-refractivity contribution in [1.82, 2.24) is 15.0 Å². The van der Waals surface area contributed by atoms with Crippen molar-refractivity contribution in [3.63, 3.8) is 0 Å². The van der Waals surface area contributed by atoms with E-state index in [1.807, 2.05) is 18.4 Å². The molecule has 0 aliphatic carbocycles. The monoisotopic (exact) mass is 435 g/mol. The molecular weight excluding hydrogens is 425 g/mol. The molecule has 2 aromatic heterocycles. The van der Waals surface area contributed by atoms with E-state index in [2.05, 4.69) is 15.0 Å². The standard InChI is InChI=1S/C18H12Cl3N5S/c1-27-18-22-8-10-9-26(17-11(19)4-2-5-12(17)20)25-16(15(10)24-18)13-6-3-7-14(21)23-13/h2-8H,9H2,1H3. The van der Waals surface area contributed by atoms with Crippen LogP contribution in [0, 0.1) is 0 Å². The molecule has 9 heteroatoms. The average Bonchev–Trinajstić information content (AvgIpc) is 2.67. The lowest BCUT2D eigenvalue weighted by molar-refractivity contribution is 0.798. The fourth-order valence-corrected chi connectivity index (χ4v) is 3.85. The topological polar surface area (TPSA) is 54.3 Å². The highest BCUT2D eigenvalue weighted by Gasteiger charge is 2.26. The van der Waals surface area contributed by atoms with Crippen molar-refractivity contribution < 1.29 is 0 Å². The Labute approximate surface area is 175 Å². The maximum Gasteiger partial charge on any atom is 0.187 e. The van der Waals surface area contributed by atoms with Crippen LogP contribution in [0.15, 0.2) is 52.9 Å². The minimum atomic E-state index is 0.379. The van der Waals surface area contributed by atoms with Crippen LogP contribution in [0.2, 0.25) is 15.2 Å². The summed E-state index contributed by atoms with van der Waals surface area (Å²) in [5.74, 6) is 0. The minimum Gasteiger partial charge on any atom is -0.257 e. The molecule has 1 aliphatic heterocycles. The lowest BCUT2D eigenvalue weighted by atomic mass is 10.1. The summed E-state index contributed by atoms with van der Waals surface area (Å²) in [4.78, 5) is 13.4. The molecule has 3 aromatic rings. The van der Waals surface area contributed by atoms with E-state index in [0.29, 0.717) is 44.0 Å². The third-order valence-electron chi connectivity index (χ3n) is 3.94. The highest BCUT2D eigenvalue weighted by Crippen LogP contribution is 2.37. The van der Waals surface area contributed by atoms with E-state index in [-0.39, 0.29) is 0 Å². The number of hydrazone groups is 1. The van der Waals surface area contributed by atoms with E-state index >= 15 is 0 Å². The largest absolute Gasteiger partial charge is 0.257 e. The zero-order valence-corrected chi connectivity index (χ0v) is 17.1. The van der Waals surface area contributed by atoms with E-state index in [1.54, 1.807) is 35.5 Å². The second-order valence-electron chi connectivity index (χ2n) is 5.65. The highest BCUT2D eigenvalue weighted by atomic mass is 35.5. The highest BCUT2D eigenvalue weighted by molar-refractivity contribution is 7.98. The zero-order chi connectivity index (χ0) is 19.0. The molecule has 27 heavy (non-hydrogen) atoms. The molecule has 0 fully saturated rings. The van der Waals surface area contributed by atoms with Gasteiger partial charge in [-0.15, -0.1) is 0 Å². The van der Waals surface area contributed by atoms with Crippen LogP contribution in [0.5, 0.6) is 0 Å². The van der Waals surface area contributed by atoms with Gasteiger partial charge in [0.25, 0.3) is 0 Å². The molecule has 0 spiro atoms. The molecule has 5 nitrogen and oxygen atoms in total. The van der Waals surface area contributed by atoms with Gasteiger partial charge in [0.15, 0.2) is 5.16 Å². The smallest absolute Gasteiger partial charge is 0.187 e. The van der Waals surface area contributed by atoms with Gasteiger partial charge in [-0.3, -0.25) is 5.01 Å². The number of hydrogen-bond donors (Lipinski definition) is 0. The summed E-state index contributed by atoms with van der Waals surface area (Å²) >= 11 is 20.3. The van der Waals surface area contributed by atoms with Gasteiger partial charge in [0.1, 0.15) is 16.6 Å². The van der Waals surface area contributed by atoms with Gasteiger partial charge in [0.2, 0.25) is 0 Å². The number of thioether (sulfide) groups is 1. The van der Waals surface area contributed by atoms with Crippen LogP contribution in [-0.2, 0) is 6.54 Å². The number of nitrogens with zero attached hydrogens (tertiary/aromatic N) is 5. The minimum absolute atomic E-state index is 0.379. The second kappa shape index (κ2) is 7.64. The molecule has 1 aromatic carbocycles. The maximum absolute atomic E-state index is 6.39. The van der Waals surface area contributed by atoms with Crippen LogP contribution in [0.25, 0.3) is 0 Å². The Morgan fingerprint density at radius 1 is 1.00 bits per heavy atom. The number of anilines is 1. The third-order valence-corrected chi connectivity index (χ3v) is 5.33. The maximum atomic E-state index is 6.39. The number of rotatable bonds is 3. The summed E-state index contributed by atoms with van der Waals surface area (Å²) in [5, 5.41) is 8.56. The van der Waals surface area contributed by atoms with Gasteiger partial charge in [-0.1, -0.05) is 58.7 Å². The summed E-state index contributed by atoms with van der Waals surface area (Å²) in [7, 11) is 0. The van der Waals surface area contributed by atoms with Crippen molar-refractivity contribution in [2.75, 3.05) is 11.3 Å². The Kier molecular flexibility index (Phi) is 5.23. The third kappa shape index (κ3) is 3.62. The molecule has 136 valence electrons. The summed E-state index contributed by atoms with van der Waals surface area (Å²) in [6, 6.07) is 10.7. The molecule has 0 N–H and O–H groups in total. The molecule has 0 radical (unpaired) electrons. The molecule has 0 saturated heterocycles. The summed E-state index contributed by atoms with van der Waals surface area (Å²) in [6.45, 7) is 0.442. The Morgan fingerprint density at radius 3 is 2.44 bits per heavy atom.